The summed E-state index contributed by atoms with van der Waals surface area (Å²) in [6, 6.07) is 9.02. The number of amides is 1. The molecule has 0 unspecified atom stereocenters. The lowest BCUT2D eigenvalue weighted by molar-refractivity contribution is 0.105. The number of thioether (sulfide) groups is 2. The molecule has 0 aliphatic heterocycles. The van der Waals surface area contributed by atoms with Crippen molar-refractivity contribution >= 4 is 42.2 Å². The second-order valence-electron chi connectivity index (χ2n) is 3.60. The van der Waals surface area contributed by atoms with Gasteiger partial charge in [-0.15, -0.1) is 0 Å². The van der Waals surface area contributed by atoms with Crippen LogP contribution in [0.5, 0.6) is 5.75 Å². The molecule has 0 bridgehead atoms. The van der Waals surface area contributed by atoms with E-state index in [1.165, 1.54) is 0 Å². The summed E-state index contributed by atoms with van der Waals surface area (Å²) in [6.07, 6.45) is -0.570. The predicted molar refractivity (Wildman–Crippen MR) is 90.1 cm³/mol. The van der Waals surface area contributed by atoms with Crippen molar-refractivity contribution in [2.45, 2.75) is 0 Å². The molecule has 4 nitrogen and oxygen atoms in total. The molecule has 7 heteroatoms. The van der Waals surface area contributed by atoms with Gasteiger partial charge >= 0.3 is 6.09 Å². The summed E-state index contributed by atoms with van der Waals surface area (Å²) in [7, 11) is 0. The number of ether oxygens (including phenoxy) is 1. The lowest BCUT2D eigenvalue weighted by Crippen LogP contribution is -2.28. The van der Waals surface area contributed by atoms with Gasteiger partial charge in [-0.3, -0.25) is 0 Å². The number of thiol groups is 1. The summed E-state index contributed by atoms with van der Waals surface area (Å²) in [5, 5.41) is 0. The largest absolute Gasteiger partial charge is 0.447 e. The van der Waals surface area contributed by atoms with Gasteiger partial charge in [-0.05, 0) is 17.9 Å². The Morgan fingerprint density at radius 2 is 1.80 bits per heavy atom. The molecular formula is C13H19NO3S3. The van der Waals surface area contributed by atoms with Crippen molar-refractivity contribution in [3.05, 3.63) is 30.3 Å². The highest BCUT2D eigenvalue weighted by molar-refractivity contribution is 8.03. The second-order valence-corrected chi connectivity index (χ2v) is 6.50. The van der Waals surface area contributed by atoms with Crippen LogP contribution in [0.2, 0.25) is 0 Å². The minimum Gasteiger partial charge on any atom is -0.447 e. The van der Waals surface area contributed by atoms with Gasteiger partial charge < -0.3 is 9.57 Å². The topological polar surface area (TPSA) is 47.6 Å². The molecule has 0 saturated carbocycles. The maximum atomic E-state index is 11.3. The number of rotatable bonds is 10. The van der Waals surface area contributed by atoms with Gasteiger partial charge in [0.15, 0.2) is 5.75 Å². The van der Waals surface area contributed by atoms with Crippen LogP contribution in [-0.4, -0.2) is 41.5 Å². The zero-order valence-corrected chi connectivity index (χ0v) is 13.6. The monoisotopic (exact) mass is 333 g/mol. The van der Waals surface area contributed by atoms with Crippen LogP contribution in [0.4, 0.5) is 4.79 Å². The van der Waals surface area contributed by atoms with Crippen molar-refractivity contribution in [3.63, 3.8) is 0 Å². The molecule has 0 atom stereocenters. The average molecular weight is 334 g/mol. The van der Waals surface area contributed by atoms with Crippen LogP contribution in [0.1, 0.15) is 0 Å². The number of nitrogens with one attached hydrogen (secondary N) is 1. The van der Waals surface area contributed by atoms with Gasteiger partial charge in [0.05, 0.1) is 0 Å². The minimum atomic E-state index is -0.570. The first-order chi connectivity index (χ1) is 9.83. The van der Waals surface area contributed by atoms with Gasteiger partial charge in [0, 0.05) is 23.0 Å². The molecule has 20 heavy (non-hydrogen) atoms. The molecule has 0 fully saturated rings. The molecule has 1 rings (SSSR count). The van der Waals surface area contributed by atoms with Crippen LogP contribution >= 0.6 is 36.2 Å². The van der Waals surface area contributed by atoms with Gasteiger partial charge in [0.2, 0.25) is 0 Å². The van der Waals surface area contributed by atoms with Crippen molar-refractivity contribution in [3.8, 4) is 5.75 Å². The average Bonchev–Trinajstić information content (AvgIpc) is 2.49. The van der Waals surface area contributed by atoms with E-state index in [1.54, 1.807) is 23.9 Å². The van der Waals surface area contributed by atoms with E-state index in [1.807, 2.05) is 30.0 Å². The number of carbonyl (C=O) groups is 1. The molecule has 0 aliphatic carbocycles. The van der Waals surface area contributed by atoms with E-state index in [0.29, 0.717) is 12.4 Å². The molecule has 1 amide bonds. The molecule has 0 radical (unpaired) electrons. The maximum absolute atomic E-state index is 11.3. The van der Waals surface area contributed by atoms with E-state index in [9.17, 15) is 4.79 Å². The summed E-state index contributed by atoms with van der Waals surface area (Å²) in [6.45, 7) is 0.381. The van der Waals surface area contributed by atoms with Crippen molar-refractivity contribution in [1.82, 2.24) is 5.48 Å². The first-order valence-corrected chi connectivity index (χ1v) is 9.18. The standard InChI is InChI=1S/C13H19NO3S3/c15-13(14-17-12-4-2-1-3-5-12)16-6-8-19-10-11-20-9-7-18/h1-5,18H,6-11H2,(H,14,15). The van der Waals surface area contributed by atoms with E-state index < -0.39 is 6.09 Å². The van der Waals surface area contributed by atoms with E-state index in [2.05, 4.69) is 18.1 Å². The molecule has 0 spiro atoms. The third-order valence-electron chi connectivity index (χ3n) is 2.06. The zero-order valence-electron chi connectivity index (χ0n) is 11.1. The normalized spacial score (nSPS) is 10.1. The Hall–Kier alpha value is -0.660. The quantitative estimate of drug-likeness (QED) is 0.391. The number of hydrogen-bond donors (Lipinski definition) is 2. The smallest absolute Gasteiger partial charge is 0.440 e. The summed E-state index contributed by atoms with van der Waals surface area (Å²) in [5.74, 6) is 5.53. The van der Waals surface area contributed by atoms with Crippen LogP contribution in [-0.2, 0) is 4.74 Å². The third kappa shape index (κ3) is 9.28. The molecular weight excluding hydrogens is 314 g/mol. The van der Waals surface area contributed by atoms with Crippen molar-refractivity contribution in [1.29, 1.82) is 0 Å². The Kier molecular flexibility index (Phi) is 10.5. The Morgan fingerprint density at radius 3 is 2.50 bits per heavy atom. The molecule has 0 aliphatic rings. The summed E-state index contributed by atoms with van der Waals surface area (Å²) < 4.78 is 4.98. The molecule has 0 aromatic heterocycles. The minimum absolute atomic E-state index is 0.381. The van der Waals surface area contributed by atoms with Gasteiger partial charge in [-0.2, -0.15) is 41.6 Å². The van der Waals surface area contributed by atoms with E-state index in [-0.39, 0.29) is 0 Å². The van der Waals surface area contributed by atoms with E-state index >= 15 is 0 Å². The first kappa shape index (κ1) is 17.4. The van der Waals surface area contributed by atoms with Gasteiger partial charge in [0.1, 0.15) is 6.61 Å². The number of para-hydroxylation sites is 1. The van der Waals surface area contributed by atoms with Crippen molar-refractivity contribution < 1.29 is 14.4 Å². The number of hydrogen-bond acceptors (Lipinski definition) is 6. The van der Waals surface area contributed by atoms with Gasteiger partial charge in [-0.1, -0.05) is 18.2 Å². The third-order valence-corrected chi connectivity index (χ3v) is 4.78. The summed E-state index contributed by atoms with van der Waals surface area (Å²) >= 11 is 7.80. The van der Waals surface area contributed by atoms with Crippen molar-refractivity contribution in [2.24, 2.45) is 0 Å². The number of carbonyl (C=O) groups excluding carboxylic acids is 1. The number of benzene rings is 1. The highest BCUT2D eigenvalue weighted by Crippen LogP contribution is 2.08. The Balaban J connectivity index is 1.93. The van der Waals surface area contributed by atoms with E-state index in [4.69, 9.17) is 9.57 Å². The molecule has 0 saturated heterocycles. The van der Waals surface area contributed by atoms with Crippen LogP contribution in [0, 0.1) is 0 Å². The lowest BCUT2D eigenvalue weighted by atomic mass is 10.3. The predicted octanol–water partition coefficient (Wildman–Crippen LogP) is 3.10. The SMILES string of the molecule is O=C(NOc1ccccc1)OCCSCCSCCS. The fourth-order valence-corrected chi connectivity index (χ4v) is 3.27. The fourth-order valence-electron chi connectivity index (χ4n) is 1.20. The molecule has 1 aromatic carbocycles. The molecule has 1 N–H and O–H groups in total. The van der Waals surface area contributed by atoms with Crippen molar-refractivity contribution in [2.75, 3.05) is 35.4 Å². The Morgan fingerprint density at radius 1 is 1.10 bits per heavy atom. The van der Waals surface area contributed by atoms with Gasteiger partial charge in [-0.25, -0.2) is 4.79 Å². The highest BCUT2D eigenvalue weighted by Gasteiger charge is 2.02. The maximum Gasteiger partial charge on any atom is 0.440 e. The summed E-state index contributed by atoms with van der Waals surface area (Å²) in [5.41, 5.74) is 2.23. The molecule has 1 aromatic rings. The van der Waals surface area contributed by atoms with Crippen LogP contribution in [0.15, 0.2) is 30.3 Å². The molecule has 112 valence electrons. The van der Waals surface area contributed by atoms with Crippen LogP contribution in [0.3, 0.4) is 0 Å². The Bertz CT molecular complexity index is 365. The first-order valence-electron chi connectivity index (χ1n) is 6.24. The number of hydroxylamine groups is 1. The zero-order chi connectivity index (χ0) is 14.5. The second kappa shape index (κ2) is 12.1. The Labute approximate surface area is 133 Å². The lowest BCUT2D eigenvalue weighted by Gasteiger charge is -2.07. The fraction of sp³-hybridized carbons (Fsp3) is 0.462. The van der Waals surface area contributed by atoms with Crippen LogP contribution in [0.25, 0.3) is 0 Å². The molecule has 0 heterocycles. The van der Waals surface area contributed by atoms with Crippen LogP contribution < -0.4 is 10.3 Å². The highest BCUT2D eigenvalue weighted by atomic mass is 32.2. The van der Waals surface area contributed by atoms with E-state index in [0.717, 1.165) is 28.8 Å². The van der Waals surface area contributed by atoms with Gasteiger partial charge in [0.25, 0.3) is 0 Å². The summed E-state index contributed by atoms with van der Waals surface area (Å²) in [4.78, 5) is 16.4.